The molecule has 2 aromatic heterocycles. The monoisotopic (exact) mass is 519 g/mol. The lowest BCUT2D eigenvalue weighted by Crippen LogP contribution is -2.22. The molecule has 0 spiro atoms. The molecule has 1 N–H and O–H groups in total. The third-order valence-corrected chi connectivity index (χ3v) is 5.66. The SMILES string of the molecule is CCN(Cc1ccc(-c2cccc(COc3cncc(C(=O)O)c3)n2)cc1)c1ccc(OC(C)(F)F)cc1. The molecule has 38 heavy (non-hydrogen) atoms. The largest absolute Gasteiger partial charge is 0.486 e. The minimum atomic E-state index is -3.22. The summed E-state index contributed by atoms with van der Waals surface area (Å²) in [4.78, 5) is 21.8. The summed E-state index contributed by atoms with van der Waals surface area (Å²) in [7, 11) is 0. The van der Waals surface area contributed by atoms with Crippen LogP contribution in [-0.2, 0) is 13.2 Å². The van der Waals surface area contributed by atoms with Gasteiger partial charge in [0, 0.05) is 37.5 Å². The Kier molecular flexibility index (Phi) is 8.15. The van der Waals surface area contributed by atoms with Crippen molar-refractivity contribution in [2.24, 2.45) is 0 Å². The van der Waals surface area contributed by atoms with Crippen LogP contribution in [0.5, 0.6) is 11.5 Å². The van der Waals surface area contributed by atoms with E-state index in [1.165, 1.54) is 18.5 Å². The number of aromatic carboxylic acids is 1. The Bertz CT molecular complexity index is 1370. The van der Waals surface area contributed by atoms with E-state index in [9.17, 15) is 13.6 Å². The second-order valence-electron chi connectivity index (χ2n) is 8.63. The number of carbonyl (C=O) groups is 1. The lowest BCUT2D eigenvalue weighted by Gasteiger charge is -2.24. The van der Waals surface area contributed by atoms with Gasteiger partial charge in [-0.1, -0.05) is 30.3 Å². The average molecular weight is 520 g/mol. The average Bonchev–Trinajstić information content (AvgIpc) is 2.91. The quantitative estimate of drug-likeness (QED) is 0.244. The van der Waals surface area contributed by atoms with Gasteiger partial charge in [0.15, 0.2) is 0 Å². The number of hydrogen-bond donors (Lipinski definition) is 1. The van der Waals surface area contributed by atoms with E-state index < -0.39 is 12.1 Å². The summed E-state index contributed by atoms with van der Waals surface area (Å²) < 4.78 is 36.5. The van der Waals surface area contributed by atoms with Gasteiger partial charge in [0.1, 0.15) is 18.1 Å². The van der Waals surface area contributed by atoms with E-state index in [1.807, 2.05) is 49.4 Å². The first-order chi connectivity index (χ1) is 18.2. The van der Waals surface area contributed by atoms with Gasteiger partial charge in [-0.05, 0) is 55.0 Å². The number of halogens is 2. The van der Waals surface area contributed by atoms with Gasteiger partial charge >= 0.3 is 12.1 Å². The van der Waals surface area contributed by atoms with Crippen molar-refractivity contribution >= 4 is 11.7 Å². The lowest BCUT2D eigenvalue weighted by atomic mass is 10.1. The molecule has 9 heteroatoms. The molecule has 0 aliphatic heterocycles. The van der Waals surface area contributed by atoms with Crippen LogP contribution >= 0.6 is 0 Å². The highest BCUT2D eigenvalue weighted by molar-refractivity contribution is 5.87. The van der Waals surface area contributed by atoms with Gasteiger partial charge in [0.05, 0.1) is 23.1 Å². The fourth-order valence-corrected chi connectivity index (χ4v) is 3.81. The van der Waals surface area contributed by atoms with E-state index in [4.69, 9.17) is 9.84 Å². The third kappa shape index (κ3) is 7.25. The summed E-state index contributed by atoms with van der Waals surface area (Å²) in [5, 5.41) is 9.10. The first kappa shape index (κ1) is 26.5. The minimum absolute atomic E-state index is 0.0538. The van der Waals surface area contributed by atoms with E-state index >= 15 is 0 Å². The molecule has 0 saturated carbocycles. The molecule has 2 aromatic carbocycles. The van der Waals surface area contributed by atoms with Crippen molar-refractivity contribution in [3.63, 3.8) is 0 Å². The number of ether oxygens (including phenoxy) is 2. The highest BCUT2D eigenvalue weighted by Gasteiger charge is 2.23. The first-order valence-corrected chi connectivity index (χ1v) is 12.0. The molecule has 196 valence electrons. The Morgan fingerprint density at radius 1 is 1.00 bits per heavy atom. The number of carboxylic acid groups (broad SMARTS) is 1. The van der Waals surface area contributed by atoms with Crippen molar-refractivity contribution in [2.75, 3.05) is 11.4 Å². The van der Waals surface area contributed by atoms with Crippen molar-refractivity contribution in [3.8, 4) is 22.8 Å². The molecule has 0 amide bonds. The third-order valence-electron chi connectivity index (χ3n) is 5.66. The van der Waals surface area contributed by atoms with Crippen LogP contribution in [0.1, 0.15) is 35.5 Å². The van der Waals surface area contributed by atoms with E-state index in [-0.39, 0.29) is 17.9 Å². The van der Waals surface area contributed by atoms with Crippen LogP contribution in [0.15, 0.2) is 85.2 Å². The van der Waals surface area contributed by atoms with Gasteiger partial charge < -0.3 is 19.5 Å². The molecule has 0 radical (unpaired) electrons. The number of nitrogens with zero attached hydrogens (tertiary/aromatic N) is 3. The highest BCUT2D eigenvalue weighted by Crippen LogP contribution is 2.26. The van der Waals surface area contributed by atoms with Gasteiger partial charge in [-0.3, -0.25) is 4.98 Å². The molecule has 0 fully saturated rings. The van der Waals surface area contributed by atoms with Crippen molar-refractivity contribution < 1.29 is 28.2 Å². The molecule has 7 nitrogen and oxygen atoms in total. The second kappa shape index (κ2) is 11.7. The number of hydrogen-bond acceptors (Lipinski definition) is 6. The maximum atomic E-state index is 13.1. The zero-order valence-electron chi connectivity index (χ0n) is 21.0. The fourth-order valence-electron chi connectivity index (χ4n) is 3.81. The predicted octanol–water partition coefficient (Wildman–Crippen LogP) is 6.44. The number of carboxylic acids is 1. The van der Waals surface area contributed by atoms with E-state index in [2.05, 4.69) is 19.6 Å². The fraction of sp³-hybridized carbons (Fsp3) is 0.207. The molecule has 4 rings (SSSR count). The topological polar surface area (TPSA) is 84.8 Å². The van der Waals surface area contributed by atoms with Crippen molar-refractivity contribution in [1.29, 1.82) is 0 Å². The van der Waals surface area contributed by atoms with E-state index in [0.717, 1.165) is 29.1 Å². The predicted molar refractivity (Wildman–Crippen MR) is 140 cm³/mol. The number of benzene rings is 2. The van der Waals surface area contributed by atoms with Crippen LogP contribution in [0.2, 0.25) is 0 Å². The Hall–Kier alpha value is -4.53. The molecule has 0 saturated heterocycles. The maximum absolute atomic E-state index is 13.1. The van der Waals surface area contributed by atoms with Crippen molar-refractivity contribution in [2.45, 2.75) is 33.1 Å². The molecule has 0 atom stereocenters. The standard InChI is InChI=1S/C29H27F2N3O4/c1-3-34(24-11-13-25(14-12-24)38-29(2,30)31)18-20-7-9-21(10-8-20)27-6-4-5-23(33-27)19-37-26-15-22(28(35)36)16-32-17-26/h4-17H,3,18-19H2,1-2H3,(H,35,36). The number of pyridine rings is 2. The molecule has 0 bridgehead atoms. The van der Waals surface area contributed by atoms with Gasteiger partial charge in [0.25, 0.3) is 0 Å². The zero-order valence-corrected chi connectivity index (χ0v) is 21.0. The van der Waals surface area contributed by atoms with Crippen LogP contribution in [0.25, 0.3) is 11.3 Å². The molecule has 0 unspecified atom stereocenters. The zero-order chi connectivity index (χ0) is 27.1. The Balaban J connectivity index is 1.40. The lowest BCUT2D eigenvalue weighted by molar-refractivity contribution is -0.158. The number of anilines is 1. The molecule has 0 aliphatic rings. The number of aromatic nitrogens is 2. The Labute approximate surface area is 219 Å². The molecule has 0 aliphatic carbocycles. The summed E-state index contributed by atoms with van der Waals surface area (Å²) in [5.41, 5.74) is 4.46. The maximum Gasteiger partial charge on any atom is 0.394 e. The normalized spacial score (nSPS) is 11.2. The summed E-state index contributed by atoms with van der Waals surface area (Å²) >= 11 is 0. The minimum Gasteiger partial charge on any atom is -0.486 e. The van der Waals surface area contributed by atoms with Gasteiger partial charge in [-0.25, -0.2) is 9.78 Å². The van der Waals surface area contributed by atoms with Crippen molar-refractivity contribution in [1.82, 2.24) is 9.97 Å². The van der Waals surface area contributed by atoms with Crippen LogP contribution in [0.4, 0.5) is 14.5 Å². The smallest absolute Gasteiger partial charge is 0.394 e. The van der Waals surface area contributed by atoms with Gasteiger partial charge in [0.2, 0.25) is 0 Å². The summed E-state index contributed by atoms with van der Waals surface area (Å²) in [6, 6.07) is 21.7. The van der Waals surface area contributed by atoms with Crippen LogP contribution in [0.3, 0.4) is 0 Å². The second-order valence-corrected chi connectivity index (χ2v) is 8.63. The number of rotatable bonds is 11. The first-order valence-electron chi connectivity index (χ1n) is 12.0. The molecular weight excluding hydrogens is 492 g/mol. The van der Waals surface area contributed by atoms with Crippen LogP contribution < -0.4 is 14.4 Å². The Morgan fingerprint density at radius 3 is 2.39 bits per heavy atom. The highest BCUT2D eigenvalue weighted by atomic mass is 19.3. The van der Waals surface area contributed by atoms with Crippen molar-refractivity contribution in [3.05, 3.63) is 102 Å². The van der Waals surface area contributed by atoms with Gasteiger partial charge in [-0.2, -0.15) is 8.78 Å². The number of alkyl halides is 2. The van der Waals surface area contributed by atoms with Crippen LogP contribution in [-0.4, -0.2) is 33.7 Å². The summed E-state index contributed by atoms with van der Waals surface area (Å²) in [5.74, 6) is -0.597. The summed E-state index contributed by atoms with van der Waals surface area (Å²) in [6.07, 6.45) is -0.500. The van der Waals surface area contributed by atoms with E-state index in [1.54, 1.807) is 24.3 Å². The van der Waals surface area contributed by atoms with Gasteiger partial charge in [-0.15, -0.1) is 0 Å². The molecule has 4 aromatic rings. The van der Waals surface area contributed by atoms with Crippen LogP contribution in [0, 0.1) is 0 Å². The molecular formula is C29H27F2N3O4. The Morgan fingerprint density at radius 2 is 1.74 bits per heavy atom. The van der Waals surface area contributed by atoms with E-state index in [0.29, 0.717) is 24.9 Å². The molecule has 2 heterocycles. The summed E-state index contributed by atoms with van der Waals surface area (Å²) in [6.45, 7) is 4.29.